The zero-order valence-corrected chi connectivity index (χ0v) is 14.3. The van der Waals surface area contributed by atoms with Crippen molar-refractivity contribution in [3.63, 3.8) is 0 Å². The third-order valence-electron chi connectivity index (χ3n) is 5.26. The van der Waals surface area contributed by atoms with Crippen LogP contribution in [0, 0.1) is 11.8 Å². The van der Waals surface area contributed by atoms with E-state index in [-0.39, 0.29) is 5.91 Å². The van der Waals surface area contributed by atoms with Crippen molar-refractivity contribution in [2.75, 3.05) is 46.4 Å². The number of amides is 1. The van der Waals surface area contributed by atoms with Crippen LogP contribution in [0.1, 0.15) is 39.0 Å². The maximum Gasteiger partial charge on any atom is 0.220 e. The molecule has 5 heteroatoms. The van der Waals surface area contributed by atoms with Gasteiger partial charge in [0.15, 0.2) is 0 Å². The van der Waals surface area contributed by atoms with E-state index in [0.29, 0.717) is 24.3 Å². The van der Waals surface area contributed by atoms with Crippen LogP contribution in [0.25, 0.3) is 0 Å². The normalized spacial score (nSPS) is 23.4. The number of carbonyl (C=O) groups is 1. The van der Waals surface area contributed by atoms with Crippen LogP contribution in [0.2, 0.25) is 0 Å². The van der Waals surface area contributed by atoms with E-state index in [1.165, 1.54) is 12.8 Å². The van der Waals surface area contributed by atoms with Gasteiger partial charge in [0.2, 0.25) is 5.91 Å². The molecule has 2 saturated heterocycles. The van der Waals surface area contributed by atoms with Gasteiger partial charge in [-0.2, -0.15) is 0 Å². The monoisotopic (exact) mass is 311 g/mol. The molecule has 0 radical (unpaired) electrons. The third kappa shape index (κ3) is 5.86. The van der Waals surface area contributed by atoms with Crippen molar-refractivity contribution in [3.05, 3.63) is 0 Å². The highest BCUT2D eigenvalue weighted by atomic mass is 16.5. The fraction of sp³-hybridized carbons (Fsp3) is 0.941. The molecule has 2 heterocycles. The molecule has 2 aliphatic rings. The van der Waals surface area contributed by atoms with E-state index in [1.807, 2.05) is 0 Å². The molecule has 2 N–H and O–H groups in total. The van der Waals surface area contributed by atoms with Gasteiger partial charge in [0.1, 0.15) is 0 Å². The van der Waals surface area contributed by atoms with Crippen molar-refractivity contribution >= 4 is 5.91 Å². The number of hydrogen-bond acceptors (Lipinski definition) is 4. The Morgan fingerprint density at radius 2 is 1.95 bits per heavy atom. The smallest absolute Gasteiger partial charge is 0.220 e. The van der Waals surface area contributed by atoms with Gasteiger partial charge in [-0.05, 0) is 50.6 Å². The molecule has 1 unspecified atom stereocenters. The van der Waals surface area contributed by atoms with Crippen LogP contribution in [0.5, 0.6) is 0 Å². The second-order valence-electron chi connectivity index (χ2n) is 6.95. The number of piperidine rings is 2. The predicted octanol–water partition coefficient (Wildman–Crippen LogP) is 1.24. The van der Waals surface area contributed by atoms with E-state index in [9.17, 15) is 4.79 Å². The predicted molar refractivity (Wildman–Crippen MR) is 88.9 cm³/mol. The number of ether oxygens (including phenoxy) is 1. The average molecular weight is 311 g/mol. The fourth-order valence-electron chi connectivity index (χ4n) is 3.68. The Balaban J connectivity index is 1.63. The summed E-state index contributed by atoms with van der Waals surface area (Å²) in [4.78, 5) is 14.7. The van der Waals surface area contributed by atoms with Crippen LogP contribution in [0.15, 0.2) is 0 Å². The largest absolute Gasteiger partial charge is 0.383 e. The van der Waals surface area contributed by atoms with Crippen LogP contribution >= 0.6 is 0 Å². The quantitative estimate of drug-likeness (QED) is 0.743. The van der Waals surface area contributed by atoms with Crippen LogP contribution in [-0.4, -0.2) is 63.3 Å². The van der Waals surface area contributed by atoms with E-state index < -0.39 is 0 Å². The first kappa shape index (κ1) is 17.7. The molecule has 1 amide bonds. The van der Waals surface area contributed by atoms with Crippen LogP contribution in [-0.2, 0) is 9.53 Å². The highest BCUT2D eigenvalue weighted by Crippen LogP contribution is 2.24. The van der Waals surface area contributed by atoms with Crippen molar-refractivity contribution in [2.45, 2.75) is 45.1 Å². The second-order valence-corrected chi connectivity index (χ2v) is 6.95. The van der Waals surface area contributed by atoms with Gasteiger partial charge in [-0.25, -0.2) is 0 Å². The molecule has 0 aromatic heterocycles. The highest BCUT2D eigenvalue weighted by Gasteiger charge is 2.24. The molecular weight excluding hydrogens is 278 g/mol. The Bertz CT molecular complexity index is 324. The fourth-order valence-corrected chi connectivity index (χ4v) is 3.68. The standard InChI is InChI=1S/C17H33N3O2/c1-14(15-3-7-18-8-4-15)13-17(21)19-16-5-9-20(10-6-16)11-12-22-2/h14-16,18H,3-13H2,1-2H3,(H,19,21). The molecule has 0 spiro atoms. The second kappa shape index (κ2) is 9.48. The molecule has 22 heavy (non-hydrogen) atoms. The minimum absolute atomic E-state index is 0.251. The lowest BCUT2D eigenvalue weighted by molar-refractivity contribution is -0.123. The van der Waals surface area contributed by atoms with Gasteiger partial charge < -0.3 is 20.3 Å². The van der Waals surface area contributed by atoms with E-state index in [1.54, 1.807) is 7.11 Å². The van der Waals surface area contributed by atoms with Gasteiger partial charge in [-0.15, -0.1) is 0 Å². The van der Waals surface area contributed by atoms with E-state index in [2.05, 4.69) is 22.5 Å². The maximum absolute atomic E-state index is 12.3. The van der Waals surface area contributed by atoms with Gasteiger partial charge >= 0.3 is 0 Å². The highest BCUT2D eigenvalue weighted by molar-refractivity contribution is 5.76. The molecule has 0 bridgehead atoms. The van der Waals surface area contributed by atoms with Gasteiger partial charge in [0.05, 0.1) is 6.61 Å². The number of methoxy groups -OCH3 is 1. The SMILES string of the molecule is COCCN1CCC(NC(=O)CC(C)C2CCNCC2)CC1. The molecule has 1 atom stereocenters. The Morgan fingerprint density at radius 1 is 1.27 bits per heavy atom. The zero-order valence-electron chi connectivity index (χ0n) is 14.3. The third-order valence-corrected chi connectivity index (χ3v) is 5.26. The minimum Gasteiger partial charge on any atom is -0.383 e. The zero-order chi connectivity index (χ0) is 15.8. The van der Waals surface area contributed by atoms with Crippen LogP contribution in [0.4, 0.5) is 0 Å². The molecule has 0 aliphatic carbocycles. The summed E-state index contributed by atoms with van der Waals surface area (Å²) in [5.74, 6) is 1.47. The first-order valence-electron chi connectivity index (χ1n) is 8.90. The molecule has 0 aromatic carbocycles. The first-order chi connectivity index (χ1) is 10.7. The number of rotatable bonds is 7. The van der Waals surface area contributed by atoms with Crippen molar-refractivity contribution < 1.29 is 9.53 Å². The lowest BCUT2D eigenvalue weighted by Crippen LogP contribution is -2.45. The molecule has 2 aliphatic heterocycles. The number of carbonyl (C=O) groups excluding carboxylic acids is 1. The van der Waals surface area contributed by atoms with Crippen molar-refractivity contribution in [2.24, 2.45) is 11.8 Å². The van der Waals surface area contributed by atoms with E-state index in [0.717, 1.165) is 52.2 Å². The van der Waals surface area contributed by atoms with Crippen LogP contribution in [0.3, 0.4) is 0 Å². The topological polar surface area (TPSA) is 53.6 Å². The number of likely N-dealkylation sites (tertiary alicyclic amines) is 1. The maximum atomic E-state index is 12.3. The number of nitrogens with one attached hydrogen (secondary N) is 2. The minimum atomic E-state index is 0.251. The summed E-state index contributed by atoms with van der Waals surface area (Å²) in [7, 11) is 1.75. The van der Waals surface area contributed by atoms with Crippen molar-refractivity contribution in [1.82, 2.24) is 15.5 Å². The summed E-state index contributed by atoms with van der Waals surface area (Å²) in [6, 6.07) is 0.367. The van der Waals surface area contributed by atoms with E-state index in [4.69, 9.17) is 4.74 Å². The lowest BCUT2D eigenvalue weighted by atomic mass is 9.84. The molecule has 0 aromatic rings. The van der Waals surface area contributed by atoms with Crippen LogP contribution < -0.4 is 10.6 Å². The molecule has 0 saturated carbocycles. The summed E-state index contributed by atoms with van der Waals surface area (Å²) in [5.41, 5.74) is 0. The summed E-state index contributed by atoms with van der Waals surface area (Å²) in [5, 5.41) is 6.65. The Kier molecular flexibility index (Phi) is 7.63. The number of hydrogen-bond donors (Lipinski definition) is 2. The summed E-state index contributed by atoms with van der Waals surface area (Å²) >= 11 is 0. The molecular formula is C17H33N3O2. The summed E-state index contributed by atoms with van der Waals surface area (Å²) < 4.78 is 5.12. The Morgan fingerprint density at radius 3 is 2.59 bits per heavy atom. The van der Waals surface area contributed by atoms with Gasteiger partial charge in [0, 0.05) is 39.2 Å². The van der Waals surface area contributed by atoms with Gasteiger partial charge in [-0.1, -0.05) is 6.92 Å². The van der Waals surface area contributed by atoms with Crippen molar-refractivity contribution in [3.8, 4) is 0 Å². The molecule has 2 fully saturated rings. The Hall–Kier alpha value is -0.650. The molecule has 128 valence electrons. The average Bonchev–Trinajstić information content (AvgIpc) is 2.55. The summed E-state index contributed by atoms with van der Waals surface area (Å²) in [6.07, 6.45) is 5.25. The van der Waals surface area contributed by atoms with Gasteiger partial charge in [-0.3, -0.25) is 4.79 Å². The first-order valence-corrected chi connectivity index (χ1v) is 8.90. The van der Waals surface area contributed by atoms with Crippen molar-refractivity contribution in [1.29, 1.82) is 0 Å². The lowest BCUT2D eigenvalue weighted by Gasteiger charge is -2.33. The van der Waals surface area contributed by atoms with Gasteiger partial charge in [0.25, 0.3) is 0 Å². The van der Waals surface area contributed by atoms with E-state index >= 15 is 0 Å². The summed E-state index contributed by atoms with van der Waals surface area (Å²) in [6.45, 7) is 8.39. The molecule has 2 rings (SSSR count). The molecule has 5 nitrogen and oxygen atoms in total. The number of nitrogens with zero attached hydrogens (tertiary/aromatic N) is 1. The Labute approximate surface area is 135 Å².